The number of para-hydroxylation sites is 1. The van der Waals surface area contributed by atoms with Crippen molar-refractivity contribution >= 4 is 13.2 Å². The van der Waals surface area contributed by atoms with Crippen LogP contribution in [-0.4, -0.2) is 13.3 Å². The highest BCUT2D eigenvalue weighted by atomic mass is 31.1. The minimum Gasteiger partial charge on any atom is -0.496 e. The highest BCUT2D eigenvalue weighted by molar-refractivity contribution is 7.64. The number of rotatable bonds is 5. The Morgan fingerprint density at radius 1 is 0.944 bits per heavy atom. The summed E-state index contributed by atoms with van der Waals surface area (Å²) in [4.78, 5) is 0. The molecular weight excluding hydrogens is 239 g/mol. The van der Waals surface area contributed by atoms with E-state index >= 15 is 0 Å². The number of hydrogen-bond acceptors (Lipinski definition) is 1. The lowest BCUT2D eigenvalue weighted by molar-refractivity contribution is 0.411. The SMILES string of the molecule is CCP(Cc1ccccc1OC)c1ccccc1. The van der Waals surface area contributed by atoms with Gasteiger partial charge >= 0.3 is 0 Å². The van der Waals surface area contributed by atoms with E-state index in [0.717, 1.165) is 11.9 Å². The summed E-state index contributed by atoms with van der Waals surface area (Å²) >= 11 is 0. The highest BCUT2D eigenvalue weighted by Crippen LogP contribution is 2.40. The first-order chi connectivity index (χ1) is 8.85. The van der Waals surface area contributed by atoms with Crippen molar-refractivity contribution in [2.24, 2.45) is 0 Å². The van der Waals surface area contributed by atoms with E-state index in [9.17, 15) is 0 Å². The third kappa shape index (κ3) is 3.11. The van der Waals surface area contributed by atoms with Gasteiger partial charge in [0.05, 0.1) is 7.11 Å². The van der Waals surface area contributed by atoms with Crippen LogP contribution in [0.2, 0.25) is 0 Å². The summed E-state index contributed by atoms with van der Waals surface area (Å²) in [5, 5.41) is 1.47. The Bertz CT molecular complexity index is 481. The standard InChI is InChI=1S/C16H19OP/c1-3-18(15-10-5-4-6-11-15)13-14-9-7-8-12-16(14)17-2/h4-12H,3,13H2,1-2H3. The molecule has 0 saturated heterocycles. The fourth-order valence-corrected chi connectivity index (χ4v) is 4.10. The monoisotopic (exact) mass is 258 g/mol. The second-order valence-electron chi connectivity index (χ2n) is 4.16. The molecule has 0 amide bonds. The molecular formula is C16H19OP. The summed E-state index contributed by atoms with van der Waals surface area (Å²) in [5.41, 5.74) is 1.32. The first-order valence-corrected chi connectivity index (χ1v) is 7.98. The Hall–Kier alpha value is -1.33. The van der Waals surface area contributed by atoms with Gasteiger partial charge in [-0.2, -0.15) is 0 Å². The summed E-state index contributed by atoms with van der Waals surface area (Å²) < 4.78 is 5.44. The molecule has 0 aliphatic rings. The van der Waals surface area contributed by atoms with Gasteiger partial charge in [0, 0.05) is 6.16 Å². The van der Waals surface area contributed by atoms with Gasteiger partial charge in [0.1, 0.15) is 5.75 Å². The van der Waals surface area contributed by atoms with E-state index in [-0.39, 0.29) is 7.92 Å². The predicted molar refractivity (Wildman–Crippen MR) is 80.2 cm³/mol. The lowest BCUT2D eigenvalue weighted by Gasteiger charge is -2.17. The van der Waals surface area contributed by atoms with E-state index in [1.165, 1.54) is 17.0 Å². The van der Waals surface area contributed by atoms with Crippen molar-refractivity contribution in [1.82, 2.24) is 0 Å². The van der Waals surface area contributed by atoms with Crippen LogP contribution >= 0.6 is 7.92 Å². The molecule has 2 heteroatoms. The third-order valence-corrected chi connectivity index (χ3v) is 5.57. The minimum atomic E-state index is -0.132. The maximum Gasteiger partial charge on any atom is 0.122 e. The van der Waals surface area contributed by atoms with Gasteiger partial charge < -0.3 is 4.74 Å². The molecule has 0 fully saturated rings. The number of methoxy groups -OCH3 is 1. The molecule has 0 aliphatic carbocycles. The van der Waals surface area contributed by atoms with Crippen LogP contribution in [0, 0.1) is 0 Å². The summed E-state index contributed by atoms with van der Waals surface area (Å²) in [6, 6.07) is 19.2. The Morgan fingerprint density at radius 3 is 2.28 bits per heavy atom. The largest absolute Gasteiger partial charge is 0.496 e. The zero-order chi connectivity index (χ0) is 12.8. The van der Waals surface area contributed by atoms with Crippen LogP contribution < -0.4 is 10.0 Å². The van der Waals surface area contributed by atoms with Crippen molar-refractivity contribution in [1.29, 1.82) is 0 Å². The maximum absolute atomic E-state index is 5.44. The first-order valence-electron chi connectivity index (χ1n) is 6.27. The van der Waals surface area contributed by atoms with Crippen LogP contribution in [-0.2, 0) is 6.16 Å². The van der Waals surface area contributed by atoms with Crippen LogP contribution in [0.25, 0.3) is 0 Å². The fourth-order valence-electron chi connectivity index (χ4n) is 2.06. The van der Waals surface area contributed by atoms with E-state index in [4.69, 9.17) is 4.74 Å². The molecule has 2 aromatic rings. The van der Waals surface area contributed by atoms with Gasteiger partial charge in [-0.25, -0.2) is 0 Å². The highest BCUT2D eigenvalue weighted by Gasteiger charge is 2.11. The molecule has 18 heavy (non-hydrogen) atoms. The van der Waals surface area contributed by atoms with Crippen LogP contribution in [0.3, 0.4) is 0 Å². The Labute approximate surface area is 111 Å². The van der Waals surface area contributed by atoms with E-state index in [1.54, 1.807) is 7.11 Å². The van der Waals surface area contributed by atoms with Gasteiger partial charge in [-0.1, -0.05) is 63.4 Å². The number of hydrogen-bond donors (Lipinski definition) is 0. The van der Waals surface area contributed by atoms with Crippen molar-refractivity contribution in [2.75, 3.05) is 13.3 Å². The van der Waals surface area contributed by atoms with Crippen LogP contribution in [0.1, 0.15) is 12.5 Å². The fraction of sp³-hybridized carbons (Fsp3) is 0.250. The maximum atomic E-state index is 5.44. The molecule has 0 aromatic heterocycles. The molecule has 2 aromatic carbocycles. The molecule has 0 aliphatic heterocycles. The smallest absolute Gasteiger partial charge is 0.122 e. The van der Waals surface area contributed by atoms with Crippen LogP contribution in [0.4, 0.5) is 0 Å². The molecule has 94 valence electrons. The van der Waals surface area contributed by atoms with Crippen molar-refractivity contribution in [3.8, 4) is 5.75 Å². The van der Waals surface area contributed by atoms with Gasteiger partial charge in [0.2, 0.25) is 0 Å². The summed E-state index contributed by atoms with van der Waals surface area (Å²) in [5.74, 6) is 1.01. The quantitative estimate of drug-likeness (QED) is 0.736. The van der Waals surface area contributed by atoms with E-state index in [1.807, 2.05) is 12.1 Å². The molecule has 1 unspecified atom stereocenters. The molecule has 0 radical (unpaired) electrons. The van der Waals surface area contributed by atoms with Gasteiger partial charge in [-0.3, -0.25) is 0 Å². The van der Waals surface area contributed by atoms with E-state index in [2.05, 4.69) is 49.4 Å². The second-order valence-corrected chi connectivity index (χ2v) is 6.71. The Morgan fingerprint density at radius 2 is 1.61 bits per heavy atom. The van der Waals surface area contributed by atoms with Gasteiger partial charge in [0.25, 0.3) is 0 Å². The van der Waals surface area contributed by atoms with Gasteiger partial charge in [0.15, 0.2) is 0 Å². The van der Waals surface area contributed by atoms with E-state index in [0.29, 0.717) is 0 Å². The Balaban J connectivity index is 2.21. The second kappa shape index (κ2) is 6.56. The Kier molecular flexibility index (Phi) is 4.78. The number of benzene rings is 2. The minimum absolute atomic E-state index is 0.132. The number of ether oxygens (including phenoxy) is 1. The lowest BCUT2D eigenvalue weighted by atomic mass is 10.2. The van der Waals surface area contributed by atoms with Crippen molar-refractivity contribution in [3.63, 3.8) is 0 Å². The predicted octanol–water partition coefficient (Wildman–Crippen LogP) is 4.02. The molecule has 1 atom stereocenters. The summed E-state index contributed by atoms with van der Waals surface area (Å²) in [6.45, 7) is 2.27. The molecule has 0 bridgehead atoms. The average molecular weight is 258 g/mol. The molecule has 2 rings (SSSR count). The van der Waals surface area contributed by atoms with Crippen molar-refractivity contribution in [2.45, 2.75) is 13.1 Å². The van der Waals surface area contributed by atoms with Crippen LogP contribution in [0.5, 0.6) is 5.75 Å². The first kappa shape index (κ1) is 13.1. The topological polar surface area (TPSA) is 9.23 Å². The molecule has 0 spiro atoms. The van der Waals surface area contributed by atoms with Gasteiger partial charge in [-0.15, -0.1) is 0 Å². The van der Waals surface area contributed by atoms with Crippen LogP contribution in [0.15, 0.2) is 54.6 Å². The molecule has 0 N–H and O–H groups in total. The lowest BCUT2D eigenvalue weighted by Crippen LogP contribution is -2.04. The summed E-state index contributed by atoms with van der Waals surface area (Å²) in [6.07, 6.45) is 2.30. The van der Waals surface area contributed by atoms with Crippen molar-refractivity contribution in [3.05, 3.63) is 60.2 Å². The van der Waals surface area contributed by atoms with E-state index < -0.39 is 0 Å². The molecule has 0 heterocycles. The zero-order valence-electron chi connectivity index (χ0n) is 11.0. The zero-order valence-corrected chi connectivity index (χ0v) is 11.9. The molecule has 1 nitrogen and oxygen atoms in total. The normalized spacial score (nSPS) is 12.1. The van der Waals surface area contributed by atoms with Crippen molar-refractivity contribution < 1.29 is 4.74 Å². The summed E-state index contributed by atoms with van der Waals surface area (Å²) in [7, 11) is 1.61. The van der Waals surface area contributed by atoms with Gasteiger partial charge in [-0.05, 0) is 23.1 Å². The third-order valence-electron chi connectivity index (χ3n) is 3.06. The molecule has 0 saturated carbocycles. The average Bonchev–Trinajstić information content (AvgIpc) is 2.46.